The van der Waals surface area contributed by atoms with Crippen LogP contribution in [0.4, 0.5) is 4.79 Å². The van der Waals surface area contributed by atoms with Crippen LogP contribution in [-0.2, 0) is 11.3 Å². The number of rotatable bonds is 5. The summed E-state index contributed by atoms with van der Waals surface area (Å²) >= 11 is 0. The number of carbonyl (C=O) groups is 2. The van der Waals surface area contributed by atoms with E-state index < -0.39 is 6.03 Å². The second kappa shape index (κ2) is 7.09. The zero-order chi connectivity index (χ0) is 17.8. The maximum Gasteiger partial charge on any atom is 0.329 e. The molecule has 2 aromatic carbocycles. The molecule has 0 saturated carbocycles. The molecule has 6 heteroatoms. The van der Waals surface area contributed by atoms with Crippen LogP contribution in [0.5, 0.6) is 11.5 Å². The largest absolute Gasteiger partial charge is 0.497 e. The summed E-state index contributed by atoms with van der Waals surface area (Å²) < 4.78 is 10.5. The number of ether oxygens (including phenoxy) is 2. The van der Waals surface area contributed by atoms with Crippen molar-refractivity contribution < 1.29 is 19.1 Å². The van der Waals surface area contributed by atoms with Crippen molar-refractivity contribution in [3.05, 3.63) is 65.4 Å². The third-order valence-corrected chi connectivity index (χ3v) is 3.89. The maximum absolute atomic E-state index is 12.6. The summed E-state index contributed by atoms with van der Waals surface area (Å²) in [6.07, 6.45) is 1.60. The second-order valence-corrected chi connectivity index (χ2v) is 5.47. The molecule has 1 fully saturated rings. The highest BCUT2D eigenvalue weighted by Gasteiger charge is 2.33. The third kappa shape index (κ3) is 3.47. The maximum atomic E-state index is 12.6. The molecule has 6 nitrogen and oxygen atoms in total. The molecule has 0 aromatic heterocycles. The van der Waals surface area contributed by atoms with Crippen molar-refractivity contribution in [1.82, 2.24) is 10.2 Å². The molecule has 0 aliphatic carbocycles. The lowest BCUT2D eigenvalue weighted by Gasteiger charge is -2.11. The number of nitrogens with one attached hydrogen (secondary N) is 1. The zero-order valence-electron chi connectivity index (χ0n) is 14.0. The van der Waals surface area contributed by atoms with Crippen LogP contribution in [0.1, 0.15) is 11.1 Å². The Bertz CT molecular complexity index is 831. The number of carbonyl (C=O) groups excluding carboxylic acids is 2. The quantitative estimate of drug-likeness (QED) is 0.672. The van der Waals surface area contributed by atoms with Gasteiger partial charge in [-0.15, -0.1) is 0 Å². The molecule has 0 spiro atoms. The van der Waals surface area contributed by atoms with Gasteiger partial charge < -0.3 is 14.8 Å². The summed E-state index contributed by atoms with van der Waals surface area (Å²) in [7, 11) is 3.10. The molecule has 1 saturated heterocycles. The van der Waals surface area contributed by atoms with Gasteiger partial charge in [-0.3, -0.25) is 9.69 Å². The van der Waals surface area contributed by atoms with Crippen LogP contribution in [0.3, 0.4) is 0 Å². The van der Waals surface area contributed by atoms with Crippen LogP contribution in [0.15, 0.2) is 54.2 Å². The summed E-state index contributed by atoms with van der Waals surface area (Å²) in [6.45, 7) is 0.225. The van der Waals surface area contributed by atoms with Gasteiger partial charge in [0.1, 0.15) is 17.2 Å². The molecule has 3 rings (SSSR count). The first kappa shape index (κ1) is 16.6. The molecule has 2 aromatic rings. The lowest BCUT2D eigenvalue weighted by atomic mass is 10.1. The van der Waals surface area contributed by atoms with E-state index in [1.54, 1.807) is 31.4 Å². The Morgan fingerprint density at radius 1 is 1.04 bits per heavy atom. The molecule has 0 bridgehead atoms. The fourth-order valence-corrected chi connectivity index (χ4v) is 2.57. The molecule has 1 heterocycles. The first-order valence-electron chi connectivity index (χ1n) is 7.73. The van der Waals surface area contributed by atoms with E-state index in [-0.39, 0.29) is 18.1 Å². The van der Waals surface area contributed by atoms with Crippen molar-refractivity contribution in [3.8, 4) is 11.5 Å². The van der Waals surface area contributed by atoms with Gasteiger partial charge in [0.25, 0.3) is 5.91 Å². The Morgan fingerprint density at radius 2 is 1.80 bits per heavy atom. The summed E-state index contributed by atoms with van der Waals surface area (Å²) in [6, 6.07) is 14.2. The van der Waals surface area contributed by atoms with Gasteiger partial charge in [0, 0.05) is 11.6 Å². The highest BCUT2D eigenvalue weighted by molar-refractivity contribution is 6.14. The topological polar surface area (TPSA) is 67.9 Å². The van der Waals surface area contributed by atoms with Crippen molar-refractivity contribution in [1.29, 1.82) is 0 Å². The number of benzene rings is 2. The predicted octanol–water partition coefficient (Wildman–Crippen LogP) is 2.80. The molecule has 1 aliphatic heterocycles. The summed E-state index contributed by atoms with van der Waals surface area (Å²) in [5.41, 5.74) is 1.77. The van der Waals surface area contributed by atoms with Crippen molar-refractivity contribution in [2.45, 2.75) is 6.54 Å². The fourth-order valence-electron chi connectivity index (χ4n) is 2.57. The van der Waals surface area contributed by atoms with E-state index in [4.69, 9.17) is 9.47 Å². The van der Waals surface area contributed by atoms with Crippen molar-refractivity contribution in [2.24, 2.45) is 0 Å². The van der Waals surface area contributed by atoms with Gasteiger partial charge in [0.2, 0.25) is 0 Å². The monoisotopic (exact) mass is 338 g/mol. The number of nitrogens with zero attached hydrogens (tertiary/aromatic N) is 1. The average molecular weight is 338 g/mol. The number of imide groups is 1. The number of methoxy groups -OCH3 is 2. The van der Waals surface area contributed by atoms with Crippen LogP contribution in [-0.4, -0.2) is 31.1 Å². The van der Waals surface area contributed by atoms with Crippen LogP contribution >= 0.6 is 0 Å². The van der Waals surface area contributed by atoms with Gasteiger partial charge in [-0.05, 0) is 23.8 Å². The van der Waals surface area contributed by atoms with E-state index in [1.807, 2.05) is 30.3 Å². The van der Waals surface area contributed by atoms with E-state index in [0.717, 1.165) is 5.56 Å². The Kier molecular flexibility index (Phi) is 4.70. The zero-order valence-corrected chi connectivity index (χ0v) is 14.0. The predicted molar refractivity (Wildman–Crippen MR) is 93.0 cm³/mol. The Hall–Kier alpha value is -3.28. The minimum atomic E-state index is -0.437. The van der Waals surface area contributed by atoms with Gasteiger partial charge in [0.05, 0.1) is 20.8 Å². The number of hydrogen-bond donors (Lipinski definition) is 1. The molecule has 128 valence electrons. The minimum absolute atomic E-state index is 0.212. The molecular weight excluding hydrogens is 320 g/mol. The van der Waals surface area contributed by atoms with Gasteiger partial charge in [-0.25, -0.2) is 4.79 Å². The van der Waals surface area contributed by atoms with Crippen LogP contribution in [0.2, 0.25) is 0 Å². The number of amides is 3. The molecule has 0 unspecified atom stereocenters. The average Bonchev–Trinajstić information content (AvgIpc) is 2.90. The Labute approximate surface area is 145 Å². The normalized spacial score (nSPS) is 15.4. The highest BCUT2D eigenvalue weighted by Crippen LogP contribution is 2.27. The highest BCUT2D eigenvalue weighted by atomic mass is 16.5. The number of urea groups is 1. The van der Waals surface area contributed by atoms with Crippen molar-refractivity contribution in [3.63, 3.8) is 0 Å². The number of hydrogen-bond acceptors (Lipinski definition) is 4. The summed E-state index contributed by atoms with van der Waals surface area (Å²) in [4.78, 5) is 25.9. The summed E-state index contributed by atoms with van der Waals surface area (Å²) in [5, 5.41) is 2.61. The van der Waals surface area contributed by atoms with Crippen molar-refractivity contribution >= 4 is 18.0 Å². The standard InChI is InChI=1S/C19H18N2O4/c1-24-15-9-8-14(17(11-15)25-2)10-16-18(22)21(19(23)20-16)12-13-6-4-3-5-7-13/h3-11H,12H2,1-2H3,(H,20,23)/b16-10+. The van der Waals surface area contributed by atoms with Crippen LogP contribution in [0.25, 0.3) is 6.08 Å². The first-order chi connectivity index (χ1) is 12.1. The van der Waals surface area contributed by atoms with E-state index in [9.17, 15) is 9.59 Å². The minimum Gasteiger partial charge on any atom is -0.497 e. The van der Waals surface area contributed by atoms with E-state index >= 15 is 0 Å². The first-order valence-corrected chi connectivity index (χ1v) is 7.73. The van der Waals surface area contributed by atoms with Gasteiger partial charge >= 0.3 is 6.03 Å². The second-order valence-electron chi connectivity index (χ2n) is 5.47. The van der Waals surface area contributed by atoms with E-state index in [2.05, 4.69) is 5.32 Å². The fraction of sp³-hybridized carbons (Fsp3) is 0.158. The van der Waals surface area contributed by atoms with E-state index in [1.165, 1.54) is 12.0 Å². The molecule has 0 atom stereocenters. The molecule has 1 aliphatic rings. The molecule has 25 heavy (non-hydrogen) atoms. The lowest BCUT2D eigenvalue weighted by molar-refractivity contribution is -0.123. The van der Waals surface area contributed by atoms with Gasteiger partial charge in [-0.1, -0.05) is 30.3 Å². The van der Waals surface area contributed by atoms with Crippen molar-refractivity contribution in [2.75, 3.05) is 14.2 Å². The summed E-state index contributed by atoms with van der Waals surface area (Å²) in [5.74, 6) is 0.827. The SMILES string of the molecule is COc1ccc(/C=C2/NC(=O)N(Cc3ccccc3)C2=O)c(OC)c1. The van der Waals surface area contributed by atoms with Gasteiger partial charge in [0.15, 0.2) is 0 Å². The lowest BCUT2D eigenvalue weighted by Crippen LogP contribution is -2.30. The molecule has 0 radical (unpaired) electrons. The smallest absolute Gasteiger partial charge is 0.329 e. The molecule has 3 amide bonds. The van der Waals surface area contributed by atoms with Crippen LogP contribution < -0.4 is 14.8 Å². The Balaban J connectivity index is 1.85. The Morgan fingerprint density at radius 3 is 2.48 bits per heavy atom. The molecule has 1 N–H and O–H groups in total. The van der Waals surface area contributed by atoms with Crippen LogP contribution in [0, 0.1) is 0 Å². The molecular formula is C19H18N2O4. The van der Waals surface area contributed by atoms with Gasteiger partial charge in [-0.2, -0.15) is 0 Å². The third-order valence-electron chi connectivity index (χ3n) is 3.89. The van der Waals surface area contributed by atoms with E-state index in [0.29, 0.717) is 17.1 Å².